The highest BCUT2D eigenvalue weighted by molar-refractivity contribution is 7.99. The maximum Gasteiger partial charge on any atom is 0.103 e. The molecule has 19 heavy (non-hydrogen) atoms. The average Bonchev–Trinajstić information content (AvgIpc) is 2.49. The number of hydrogen-bond donors (Lipinski definition) is 2. The highest BCUT2D eigenvalue weighted by atomic mass is 32.2. The van der Waals surface area contributed by atoms with Gasteiger partial charge in [-0.15, -0.1) is 11.8 Å². The van der Waals surface area contributed by atoms with Gasteiger partial charge < -0.3 is 10.8 Å². The largest absolute Gasteiger partial charge is 0.384 e. The Labute approximate surface area is 117 Å². The fourth-order valence-electron chi connectivity index (χ4n) is 1.88. The number of rotatable bonds is 6. The molecule has 0 radical (unpaired) electrons. The molecule has 2 rings (SSSR count). The number of aromatic nitrogens is 1. The van der Waals surface area contributed by atoms with Gasteiger partial charge in [-0.2, -0.15) is 0 Å². The number of aliphatic hydroxyl groups is 1. The molecule has 1 unspecified atom stereocenters. The molecule has 1 aromatic heterocycles. The van der Waals surface area contributed by atoms with Crippen molar-refractivity contribution in [2.75, 3.05) is 12.3 Å². The van der Waals surface area contributed by atoms with Crippen LogP contribution in [-0.2, 0) is 5.60 Å². The maximum absolute atomic E-state index is 10.6. The lowest BCUT2D eigenvalue weighted by molar-refractivity contribution is 0.0431. The lowest BCUT2D eigenvalue weighted by Crippen LogP contribution is -2.35. The van der Waals surface area contributed by atoms with Crippen molar-refractivity contribution in [1.82, 2.24) is 4.98 Å². The van der Waals surface area contributed by atoms with Crippen LogP contribution < -0.4 is 5.73 Å². The molecule has 4 heteroatoms. The van der Waals surface area contributed by atoms with Crippen molar-refractivity contribution in [3.05, 3.63) is 60.4 Å². The van der Waals surface area contributed by atoms with Gasteiger partial charge in [0.2, 0.25) is 0 Å². The van der Waals surface area contributed by atoms with Gasteiger partial charge in [0, 0.05) is 29.6 Å². The molecule has 100 valence electrons. The summed E-state index contributed by atoms with van der Waals surface area (Å²) in [6.45, 7) is 0.230. The molecule has 0 fully saturated rings. The smallest absolute Gasteiger partial charge is 0.103 e. The van der Waals surface area contributed by atoms with Crippen LogP contribution in [0.4, 0.5) is 0 Å². The molecule has 3 nitrogen and oxygen atoms in total. The van der Waals surface area contributed by atoms with E-state index in [1.165, 1.54) is 0 Å². The first kappa shape index (κ1) is 14.1. The Morgan fingerprint density at radius 3 is 2.42 bits per heavy atom. The van der Waals surface area contributed by atoms with Gasteiger partial charge in [0.15, 0.2) is 0 Å². The van der Waals surface area contributed by atoms with Gasteiger partial charge in [-0.25, -0.2) is 0 Å². The van der Waals surface area contributed by atoms with Gasteiger partial charge in [-0.05, 0) is 24.1 Å². The van der Waals surface area contributed by atoms with Gasteiger partial charge in [-0.3, -0.25) is 4.98 Å². The molecule has 2 aromatic rings. The number of pyridine rings is 1. The van der Waals surface area contributed by atoms with E-state index >= 15 is 0 Å². The van der Waals surface area contributed by atoms with Crippen LogP contribution in [0.3, 0.4) is 0 Å². The van der Waals surface area contributed by atoms with E-state index in [1.54, 1.807) is 24.2 Å². The Morgan fingerprint density at radius 1 is 1.11 bits per heavy atom. The minimum Gasteiger partial charge on any atom is -0.384 e. The summed E-state index contributed by atoms with van der Waals surface area (Å²) in [6, 6.07) is 13.6. The van der Waals surface area contributed by atoms with Crippen LogP contribution >= 0.6 is 11.8 Å². The van der Waals surface area contributed by atoms with Crippen LogP contribution in [0.1, 0.15) is 12.0 Å². The summed E-state index contributed by atoms with van der Waals surface area (Å²) in [5, 5.41) is 10.6. The molecule has 0 aliphatic heterocycles. The van der Waals surface area contributed by atoms with E-state index in [0.29, 0.717) is 6.42 Å². The summed E-state index contributed by atoms with van der Waals surface area (Å²) >= 11 is 1.70. The van der Waals surface area contributed by atoms with Gasteiger partial charge in [0.25, 0.3) is 0 Å². The van der Waals surface area contributed by atoms with E-state index in [1.807, 2.05) is 42.5 Å². The SMILES string of the molecule is NCC(O)(CCSc1ccncc1)c1ccccc1. The highest BCUT2D eigenvalue weighted by Gasteiger charge is 2.26. The molecule has 0 spiro atoms. The van der Waals surface area contributed by atoms with Crippen molar-refractivity contribution in [1.29, 1.82) is 0 Å². The molecule has 0 saturated carbocycles. The third-order valence-electron chi connectivity index (χ3n) is 3.08. The molecule has 1 aromatic carbocycles. The quantitative estimate of drug-likeness (QED) is 0.794. The number of nitrogens with two attached hydrogens (primary N) is 1. The summed E-state index contributed by atoms with van der Waals surface area (Å²) in [6.07, 6.45) is 4.17. The third kappa shape index (κ3) is 3.80. The molecule has 0 bridgehead atoms. The summed E-state index contributed by atoms with van der Waals surface area (Å²) in [4.78, 5) is 5.14. The Kier molecular flexibility index (Phi) is 4.96. The van der Waals surface area contributed by atoms with E-state index in [2.05, 4.69) is 4.98 Å². The summed E-state index contributed by atoms with van der Waals surface area (Å²) in [5.74, 6) is 0.812. The number of nitrogens with zero attached hydrogens (tertiary/aromatic N) is 1. The summed E-state index contributed by atoms with van der Waals surface area (Å²) in [7, 11) is 0. The minimum absolute atomic E-state index is 0.230. The van der Waals surface area contributed by atoms with E-state index in [0.717, 1.165) is 16.2 Å². The first-order valence-corrected chi connectivity index (χ1v) is 7.24. The Hall–Kier alpha value is -1.36. The van der Waals surface area contributed by atoms with Gasteiger partial charge in [0.1, 0.15) is 5.60 Å². The standard InChI is InChI=1S/C15H18N2OS/c16-12-15(18,13-4-2-1-3-5-13)8-11-19-14-6-9-17-10-7-14/h1-7,9-10,18H,8,11-12,16H2. The van der Waals surface area contributed by atoms with Crippen LogP contribution in [0.15, 0.2) is 59.8 Å². The second-order valence-electron chi connectivity index (χ2n) is 4.38. The van der Waals surface area contributed by atoms with Gasteiger partial charge in [-0.1, -0.05) is 30.3 Å². The molecular formula is C15H18N2OS. The van der Waals surface area contributed by atoms with E-state index < -0.39 is 5.60 Å². The zero-order valence-electron chi connectivity index (χ0n) is 10.7. The van der Waals surface area contributed by atoms with E-state index in [-0.39, 0.29) is 6.54 Å². The molecule has 0 saturated heterocycles. The normalized spacial score (nSPS) is 14.0. The Balaban J connectivity index is 1.96. The number of hydrogen-bond acceptors (Lipinski definition) is 4. The second kappa shape index (κ2) is 6.70. The summed E-state index contributed by atoms with van der Waals surface area (Å²) in [5.41, 5.74) is 5.69. The molecular weight excluding hydrogens is 256 g/mol. The lowest BCUT2D eigenvalue weighted by Gasteiger charge is -2.27. The minimum atomic E-state index is -0.943. The van der Waals surface area contributed by atoms with Crippen LogP contribution in [0.2, 0.25) is 0 Å². The van der Waals surface area contributed by atoms with Crippen LogP contribution in [0.5, 0.6) is 0 Å². The first-order valence-electron chi connectivity index (χ1n) is 6.25. The fraction of sp³-hybridized carbons (Fsp3) is 0.267. The molecule has 1 heterocycles. The summed E-state index contributed by atoms with van der Waals surface area (Å²) < 4.78 is 0. The fourth-order valence-corrected chi connectivity index (χ4v) is 2.87. The van der Waals surface area contributed by atoms with Crippen LogP contribution in [0.25, 0.3) is 0 Å². The Bertz CT molecular complexity index is 492. The number of benzene rings is 1. The van der Waals surface area contributed by atoms with Crippen molar-refractivity contribution >= 4 is 11.8 Å². The van der Waals surface area contributed by atoms with Gasteiger partial charge in [0.05, 0.1) is 0 Å². The molecule has 0 aliphatic rings. The van der Waals surface area contributed by atoms with Gasteiger partial charge >= 0.3 is 0 Å². The first-order chi connectivity index (χ1) is 9.24. The molecule has 0 aliphatic carbocycles. The molecule has 3 N–H and O–H groups in total. The van der Waals surface area contributed by atoms with Crippen LogP contribution in [0, 0.1) is 0 Å². The van der Waals surface area contributed by atoms with Crippen molar-refractivity contribution in [3.8, 4) is 0 Å². The molecule has 0 amide bonds. The van der Waals surface area contributed by atoms with Crippen LogP contribution in [-0.4, -0.2) is 22.4 Å². The second-order valence-corrected chi connectivity index (χ2v) is 5.55. The third-order valence-corrected chi connectivity index (χ3v) is 4.10. The predicted molar refractivity (Wildman–Crippen MR) is 79.0 cm³/mol. The van der Waals surface area contributed by atoms with E-state index in [4.69, 9.17) is 5.73 Å². The highest BCUT2D eigenvalue weighted by Crippen LogP contribution is 2.27. The van der Waals surface area contributed by atoms with Crippen molar-refractivity contribution in [3.63, 3.8) is 0 Å². The maximum atomic E-state index is 10.6. The predicted octanol–water partition coefficient (Wildman–Crippen LogP) is 2.41. The lowest BCUT2D eigenvalue weighted by atomic mass is 9.91. The Morgan fingerprint density at radius 2 is 1.79 bits per heavy atom. The van der Waals surface area contributed by atoms with E-state index in [9.17, 15) is 5.11 Å². The average molecular weight is 274 g/mol. The zero-order valence-corrected chi connectivity index (χ0v) is 11.5. The molecule has 1 atom stereocenters. The zero-order chi connectivity index (χ0) is 13.6. The monoisotopic (exact) mass is 274 g/mol. The number of thioether (sulfide) groups is 1. The van der Waals surface area contributed by atoms with Crippen molar-refractivity contribution in [2.45, 2.75) is 16.9 Å². The van der Waals surface area contributed by atoms with Crippen molar-refractivity contribution < 1.29 is 5.11 Å². The topological polar surface area (TPSA) is 59.1 Å². The van der Waals surface area contributed by atoms with Crippen molar-refractivity contribution in [2.24, 2.45) is 5.73 Å².